The molecule has 0 spiro atoms. The number of rotatable bonds is 2. The highest BCUT2D eigenvalue weighted by atomic mass is 16.5. The van der Waals surface area contributed by atoms with Crippen LogP contribution in [0.25, 0.3) is 0 Å². The maximum atomic E-state index is 11.8. The number of carbonyl (C=O) groups is 1. The number of hydrogen-bond acceptors (Lipinski definition) is 4. The Morgan fingerprint density at radius 1 is 1.19 bits per heavy atom. The smallest absolute Gasteiger partial charge is 0.244 e. The first-order valence-corrected chi connectivity index (χ1v) is 6.57. The van der Waals surface area contributed by atoms with Crippen molar-refractivity contribution in [1.82, 2.24) is 5.43 Å². The number of hydrogen-bond donors (Lipinski definition) is 2. The van der Waals surface area contributed by atoms with E-state index < -0.39 is 0 Å². The van der Waals surface area contributed by atoms with Crippen LogP contribution in [-0.2, 0) is 11.2 Å². The van der Waals surface area contributed by atoms with Crippen LogP contribution in [-0.4, -0.2) is 18.7 Å². The van der Waals surface area contributed by atoms with Crippen molar-refractivity contribution in [2.24, 2.45) is 5.10 Å². The summed E-state index contributed by atoms with van der Waals surface area (Å²) in [5, 5.41) is 4.24. The molecule has 3 N–H and O–H groups in total. The Balaban J connectivity index is 2.13. The standard InChI is InChI=1S/C16H15N3O2/c1-21-13-6-7-14-11(8-13)9-15(20)18-19-16(14)10-2-4-12(17)5-3-10/h2-8H,9,17H2,1H3,(H,18,20). The average Bonchev–Trinajstić information content (AvgIpc) is 2.65. The zero-order chi connectivity index (χ0) is 14.8. The fourth-order valence-corrected chi connectivity index (χ4v) is 2.33. The van der Waals surface area contributed by atoms with Gasteiger partial charge in [-0.3, -0.25) is 4.79 Å². The van der Waals surface area contributed by atoms with Crippen LogP contribution in [0, 0.1) is 0 Å². The van der Waals surface area contributed by atoms with Crippen LogP contribution in [0.1, 0.15) is 16.7 Å². The molecule has 5 heteroatoms. The van der Waals surface area contributed by atoms with E-state index in [0.29, 0.717) is 5.69 Å². The number of methoxy groups -OCH3 is 1. The summed E-state index contributed by atoms with van der Waals surface area (Å²) in [6.45, 7) is 0. The van der Waals surface area contributed by atoms with Gasteiger partial charge >= 0.3 is 0 Å². The van der Waals surface area contributed by atoms with Crippen LogP contribution in [0.4, 0.5) is 5.69 Å². The molecule has 3 rings (SSSR count). The van der Waals surface area contributed by atoms with Crippen LogP contribution < -0.4 is 15.9 Å². The molecule has 0 aromatic heterocycles. The lowest BCUT2D eigenvalue weighted by Gasteiger charge is -2.10. The Hall–Kier alpha value is -2.82. The van der Waals surface area contributed by atoms with Crippen LogP contribution in [0.5, 0.6) is 5.75 Å². The number of nitrogens with two attached hydrogens (primary N) is 1. The molecule has 0 radical (unpaired) electrons. The summed E-state index contributed by atoms with van der Waals surface area (Å²) >= 11 is 0. The van der Waals surface area contributed by atoms with Gasteiger partial charge in [0.1, 0.15) is 5.75 Å². The molecule has 1 heterocycles. The maximum absolute atomic E-state index is 11.8. The number of benzene rings is 2. The number of ether oxygens (including phenoxy) is 1. The molecule has 1 aliphatic rings. The van der Waals surface area contributed by atoms with E-state index in [9.17, 15) is 4.79 Å². The summed E-state index contributed by atoms with van der Waals surface area (Å²) in [5.41, 5.74) is 12.4. The molecule has 0 saturated heterocycles. The minimum atomic E-state index is -0.144. The lowest BCUT2D eigenvalue weighted by atomic mass is 9.95. The van der Waals surface area contributed by atoms with Crippen molar-refractivity contribution in [3.63, 3.8) is 0 Å². The van der Waals surface area contributed by atoms with E-state index in [1.165, 1.54) is 0 Å². The first-order chi connectivity index (χ1) is 10.2. The highest BCUT2D eigenvalue weighted by Crippen LogP contribution is 2.23. The van der Waals surface area contributed by atoms with E-state index in [4.69, 9.17) is 10.5 Å². The van der Waals surface area contributed by atoms with Gasteiger partial charge < -0.3 is 10.5 Å². The molecule has 0 bridgehead atoms. The van der Waals surface area contributed by atoms with Gasteiger partial charge in [0, 0.05) is 16.8 Å². The van der Waals surface area contributed by atoms with Gasteiger partial charge in [0.25, 0.3) is 0 Å². The molecule has 2 aromatic rings. The second kappa shape index (κ2) is 5.28. The molecule has 0 fully saturated rings. The van der Waals surface area contributed by atoms with Crippen molar-refractivity contribution in [3.8, 4) is 5.75 Å². The monoisotopic (exact) mass is 281 g/mol. The minimum Gasteiger partial charge on any atom is -0.497 e. The number of fused-ring (bicyclic) bond motifs is 1. The van der Waals surface area contributed by atoms with E-state index in [1.54, 1.807) is 7.11 Å². The normalized spacial score (nSPS) is 13.8. The summed E-state index contributed by atoms with van der Waals surface area (Å²) in [4.78, 5) is 11.8. The zero-order valence-electron chi connectivity index (χ0n) is 11.6. The second-order valence-electron chi connectivity index (χ2n) is 4.82. The number of carbonyl (C=O) groups excluding carboxylic acids is 1. The topological polar surface area (TPSA) is 76.7 Å². The fraction of sp³-hybridized carbons (Fsp3) is 0.125. The van der Waals surface area contributed by atoms with E-state index >= 15 is 0 Å². The van der Waals surface area contributed by atoms with Crippen LogP contribution >= 0.6 is 0 Å². The van der Waals surface area contributed by atoms with Crippen molar-refractivity contribution in [2.45, 2.75) is 6.42 Å². The highest BCUT2D eigenvalue weighted by Gasteiger charge is 2.19. The van der Waals surface area contributed by atoms with Crippen molar-refractivity contribution in [2.75, 3.05) is 12.8 Å². The number of amides is 1. The van der Waals surface area contributed by atoms with Gasteiger partial charge in [-0.2, -0.15) is 5.10 Å². The molecule has 0 atom stereocenters. The largest absolute Gasteiger partial charge is 0.497 e. The Bertz CT molecular complexity index is 721. The quantitative estimate of drug-likeness (QED) is 0.823. The second-order valence-corrected chi connectivity index (χ2v) is 4.82. The van der Waals surface area contributed by atoms with Crippen molar-refractivity contribution >= 4 is 17.3 Å². The number of nitrogens with zero attached hydrogens (tertiary/aromatic N) is 1. The van der Waals surface area contributed by atoms with Crippen LogP contribution in [0.3, 0.4) is 0 Å². The minimum absolute atomic E-state index is 0.144. The molecular weight excluding hydrogens is 266 g/mol. The van der Waals surface area contributed by atoms with E-state index in [-0.39, 0.29) is 12.3 Å². The van der Waals surface area contributed by atoms with Gasteiger partial charge in [-0.05, 0) is 35.9 Å². The van der Waals surface area contributed by atoms with E-state index in [2.05, 4.69) is 10.5 Å². The van der Waals surface area contributed by atoms with Gasteiger partial charge in [0.15, 0.2) is 0 Å². The molecule has 21 heavy (non-hydrogen) atoms. The van der Waals surface area contributed by atoms with Gasteiger partial charge in [-0.15, -0.1) is 0 Å². The third-order valence-electron chi connectivity index (χ3n) is 3.40. The van der Waals surface area contributed by atoms with Crippen LogP contribution in [0.15, 0.2) is 47.6 Å². The van der Waals surface area contributed by atoms with Gasteiger partial charge in [-0.1, -0.05) is 12.1 Å². The third kappa shape index (κ3) is 2.58. The summed E-state index contributed by atoms with van der Waals surface area (Å²) < 4.78 is 5.22. The summed E-state index contributed by atoms with van der Waals surface area (Å²) in [6.07, 6.45) is 0.272. The number of nitrogens with one attached hydrogen (secondary N) is 1. The van der Waals surface area contributed by atoms with Crippen molar-refractivity contribution in [1.29, 1.82) is 0 Å². The van der Waals surface area contributed by atoms with Crippen molar-refractivity contribution in [3.05, 3.63) is 59.2 Å². The Labute approximate surface area is 122 Å². The van der Waals surface area contributed by atoms with E-state index in [0.717, 1.165) is 28.2 Å². The first kappa shape index (κ1) is 13.2. The Kier molecular flexibility index (Phi) is 3.31. The molecule has 5 nitrogen and oxygen atoms in total. The molecule has 0 saturated carbocycles. The van der Waals surface area contributed by atoms with E-state index in [1.807, 2.05) is 42.5 Å². The number of anilines is 1. The van der Waals surface area contributed by atoms with Crippen molar-refractivity contribution < 1.29 is 9.53 Å². The first-order valence-electron chi connectivity index (χ1n) is 6.57. The lowest BCUT2D eigenvalue weighted by molar-refractivity contribution is -0.120. The van der Waals surface area contributed by atoms with Crippen LogP contribution in [0.2, 0.25) is 0 Å². The molecular formula is C16H15N3O2. The predicted molar refractivity (Wildman–Crippen MR) is 81.3 cm³/mol. The molecule has 1 aliphatic heterocycles. The third-order valence-corrected chi connectivity index (χ3v) is 3.40. The Morgan fingerprint density at radius 2 is 1.95 bits per heavy atom. The molecule has 106 valence electrons. The Morgan fingerprint density at radius 3 is 2.67 bits per heavy atom. The number of nitrogen functional groups attached to an aromatic ring is 1. The van der Waals surface area contributed by atoms with Gasteiger partial charge in [-0.25, -0.2) is 5.43 Å². The molecule has 0 unspecified atom stereocenters. The summed E-state index contributed by atoms with van der Waals surface area (Å²) in [5.74, 6) is 0.579. The SMILES string of the molecule is COc1ccc2c(c1)CC(=O)NN=C2c1ccc(N)cc1. The molecule has 0 aliphatic carbocycles. The number of hydrazone groups is 1. The van der Waals surface area contributed by atoms with Gasteiger partial charge in [0.2, 0.25) is 5.91 Å². The fourth-order valence-electron chi connectivity index (χ4n) is 2.33. The molecule has 1 amide bonds. The summed E-state index contributed by atoms with van der Waals surface area (Å²) in [7, 11) is 1.60. The average molecular weight is 281 g/mol. The maximum Gasteiger partial charge on any atom is 0.244 e. The highest BCUT2D eigenvalue weighted by molar-refractivity contribution is 6.15. The van der Waals surface area contributed by atoms with Gasteiger partial charge in [0.05, 0.1) is 19.2 Å². The lowest BCUT2D eigenvalue weighted by Crippen LogP contribution is -2.18. The molecule has 2 aromatic carbocycles. The summed E-state index contributed by atoms with van der Waals surface area (Å²) in [6, 6.07) is 13.1. The zero-order valence-corrected chi connectivity index (χ0v) is 11.6. The predicted octanol–water partition coefficient (Wildman–Crippen LogP) is 1.70.